The lowest BCUT2D eigenvalue weighted by atomic mass is 10.0. The molecule has 0 saturated carbocycles. The van der Waals surface area contributed by atoms with Gasteiger partial charge in [-0.25, -0.2) is 4.98 Å². The Hall–Kier alpha value is -2.61. The number of anilines is 1. The Balaban J connectivity index is 1.65. The summed E-state index contributed by atoms with van der Waals surface area (Å²) in [5.41, 5.74) is 8.98. The average molecular weight is 420 g/mol. The van der Waals surface area contributed by atoms with E-state index in [1.165, 1.54) is 41.5 Å². The van der Waals surface area contributed by atoms with Crippen molar-refractivity contribution >= 4 is 33.0 Å². The second kappa shape index (κ2) is 7.67. The van der Waals surface area contributed by atoms with Crippen LogP contribution in [0.4, 0.5) is 18.9 Å². The van der Waals surface area contributed by atoms with Gasteiger partial charge in [0.05, 0.1) is 10.6 Å². The van der Waals surface area contributed by atoms with Crippen molar-refractivity contribution in [3.8, 4) is 5.75 Å². The quantitative estimate of drug-likeness (QED) is 0.449. The summed E-state index contributed by atoms with van der Waals surface area (Å²) in [4.78, 5) is 18.6. The number of ether oxygens (including phenoxy) is 1. The highest BCUT2D eigenvalue weighted by atomic mass is 32.1. The van der Waals surface area contributed by atoms with Gasteiger partial charge in [-0.3, -0.25) is 4.79 Å². The van der Waals surface area contributed by atoms with Crippen molar-refractivity contribution in [1.29, 1.82) is 0 Å². The summed E-state index contributed by atoms with van der Waals surface area (Å²) in [7, 11) is 0. The molecule has 2 N–H and O–H groups in total. The van der Waals surface area contributed by atoms with Crippen molar-refractivity contribution in [2.45, 2.75) is 44.9 Å². The normalized spacial score (nSPS) is 14.4. The zero-order valence-corrected chi connectivity index (χ0v) is 16.3. The summed E-state index contributed by atoms with van der Waals surface area (Å²) < 4.78 is 41.9. The number of hydrogen-bond donors (Lipinski definition) is 1. The maximum atomic E-state index is 12.9. The van der Waals surface area contributed by atoms with E-state index in [1.807, 2.05) is 6.07 Å². The summed E-state index contributed by atoms with van der Waals surface area (Å²) >= 11 is 1.20. The minimum absolute atomic E-state index is 0.162. The van der Waals surface area contributed by atoms with Crippen LogP contribution in [0.3, 0.4) is 0 Å². The van der Waals surface area contributed by atoms with Crippen LogP contribution in [0.25, 0.3) is 10.2 Å². The lowest BCUT2D eigenvalue weighted by Crippen LogP contribution is -2.18. The third-order valence-corrected chi connectivity index (χ3v) is 6.21. The van der Waals surface area contributed by atoms with E-state index < -0.39 is 6.36 Å². The fourth-order valence-electron chi connectivity index (χ4n) is 3.67. The number of hydrogen-bond acceptors (Lipinski definition) is 5. The molecule has 1 aliphatic carbocycles. The Labute approximate surface area is 169 Å². The standard InChI is InChI=1S/C21H19F3N2O2S/c22-21(23,24)28-17-9-5-4-7-13(17)11-16(27)19-18(25)14-10-12-6-2-1-3-8-15(12)26-20(14)29-19/h4-5,7,9-10H,1-3,6,8,11,25H2. The molecule has 0 unspecified atom stereocenters. The number of nitrogen functional groups attached to an aromatic ring is 1. The molecule has 0 fully saturated rings. The number of alkyl halides is 3. The molecule has 152 valence electrons. The fraction of sp³-hybridized carbons (Fsp3) is 0.333. The maximum absolute atomic E-state index is 12.9. The Bertz CT molecular complexity index is 1080. The van der Waals surface area contributed by atoms with Crippen LogP contribution in [0.5, 0.6) is 5.75 Å². The van der Waals surface area contributed by atoms with Gasteiger partial charge in [-0.2, -0.15) is 0 Å². The Morgan fingerprint density at radius 2 is 1.93 bits per heavy atom. The van der Waals surface area contributed by atoms with Gasteiger partial charge < -0.3 is 10.5 Å². The number of nitrogens with two attached hydrogens (primary N) is 1. The SMILES string of the molecule is Nc1c(C(=O)Cc2ccccc2OC(F)(F)F)sc2nc3c(cc12)CCCCC3. The van der Waals surface area contributed by atoms with E-state index in [0.717, 1.165) is 36.8 Å². The van der Waals surface area contributed by atoms with E-state index in [2.05, 4.69) is 4.74 Å². The van der Waals surface area contributed by atoms with Gasteiger partial charge in [0, 0.05) is 23.1 Å². The summed E-state index contributed by atoms with van der Waals surface area (Å²) in [6.45, 7) is 0. The highest BCUT2D eigenvalue weighted by molar-refractivity contribution is 7.21. The topological polar surface area (TPSA) is 65.2 Å². The predicted octanol–water partition coefficient (Wildman–Crippen LogP) is 5.47. The number of carbonyl (C=O) groups is 1. The summed E-state index contributed by atoms with van der Waals surface area (Å²) in [6, 6.07) is 7.66. The van der Waals surface area contributed by atoms with Crippen LogP contribution in [0, 0.1) is 0 Å². The monoisotopic (exact) mass is 420 g/mol. The molecule has 0 aliphatic heterocycles. The van der Waals surface area contributed by atoms with Crippen LogP contribution in [0.2, 0.25) is 0 Å². The van der Waals surface area contributed by atoms with Gasteiger partial charge in [0.2, 0.25) is 0 Å². The van der Waals surface area contributed by atoms with Gasteiger partial charge in [0.15, 0.2) is 5.78 Å². The molecule has 3 aromatic rings. The van der Waals surface area contributed by atoms with Gasteiger partial charge in [-0.1, -0.05) is 24.6 Å². The van der Waals surface area contributed by atoms with Crippen molar-refractivity contribution < 1.29 is 22.7 Å². The third-order valence-electron chi connectivity index (χ3n) is 5.05. The van der Waals surface area contributed by atoms with E-state index in [9.17, 15) is 18.0 Å². The van der Waals surface area contributed by atoms with Crippen molar-refractivity contribution in [3.05, 3.63) is 52.0 Å². The van der Waals surface area contributed by atoms with Gasteiger partial charge in [0.1, 0.15) is 10.6 Å². The average Bonchev–Trinajstić information content (AvgIpc) is 2.83. The van der Waals surface area contributed by atoms with Crippen LogP contribution in [0.1, 0.15) is 45.8 Å². The van der Waals surface area contributed by atoms with Crippen molar-refractivity contribution in [3.63, 3.8) is 0 Å². The Kier molecular flexibility index (Phi) is 5.21. The van der Waals surface area contributed by atoms with Gasteiger partial charge >= 0.3 is 6.36 Å². The molecular weight excluding hydrogens is 401 g/mol. The van der Waals surface area contributed by atoms with Crippen molar-refractivity contribution in [1.82, 2.24) is 4.98 Å². The number of carbonyl (C=O) groups excluding carboxylic acids is 1. The minimum Gasteiger partial charge on any atom is -0.405 e. The largest absolute Gasteiger partial charge is 0.573 e. The smallest absolute Gasteiger partial charge is 0.405 e. The Morgan fingerprint density at radius 1 is 1.17 bits per heavy atom. The van der Waals surface area contributed by atoms with Crippen LogP contribution in [-0.4, -0.2) is 17.1 Å². The van der Waals surface area contributed by atoms with E-state index in [4.69, 9.17) is 10.7 Å². The molecule has 1 aromatic carbocycles. The van der Waals surface area contributed by atoms with E-state index in [0.29, 0.717) is 15.4 Å². The number of halogens is 3. The maximum Gasteiger partial charge on any atom is 0.573 e. The molecule has 2 heterocycles. The Morgan fingerprint density at radius 3 is 2.72 bits per heavy atom. The minimum atomic E-state index is -4.82. The molecule has 0 bridgehead atoms. The molecule has 0 spiro atoms. The fourth-order valence-corrected chi connectivity index (χ4v) is 4.70. The van der Waals surface area contributed by atoms with Crippen molar-refractivity contribution in [2.24, 2.45) is 0 Å². The lowest BCUT2D eigenvalue weighted by molar-refractivity contribution is -0.274. The van der Waals surface area contributed by atoms with E-state index >= 15 is 0 Å². The van der Waals surface area contributed by atoms with Crippen LogP contribution in [-0.2, 0) is 19.3 Å². The molecule has 29 heavy (non-hydrogen) atoms. The summed E-state index contributed by atoms with van der Waals surface area (Å²) in [5, 5.41) is 0.749. The number of rotatable bonds is 4. The molecule has 4 rings (SSSR count). The molecule has 8 heteroatoms. The highest BCUT2D eigenvalue weighted by Crippen LogP contribution is 2.36. The third kappa shape index (κ3) is 4.22. The lowest BCUT2D eigenvalue weighted by Gasteiger charge is -2.12. The first-order chi connectivity index (χ1) is 13.8. The first-order valence-electron chi connectivity index (χ1n) is 9.39. The molecule has 0 amide bonds. The van der Waals surface area contributed by atoms with Gasteiger partial charge in [0.25, 0.3) is 0 Å². The summed E-state index contributed by atoms with van der Waals surface area (Å²) in [5.74, 6) is -0.725. The number of fused-ring (bicyclic) bond motifs is 2. The molecule has 1 aliphatic rings. The number of para-hydroxylation sites is 1. The van der Waals surface area contributed by atoms with Crippen LogP contribution >= 0.6 is 11.3 Å². The zero-order chi connectivity index (χ0) is 20.6. The first kappa shape index (κ1) is 19.7. The second-order valence-corrected chi connectivity index (χ2v) is 8.11. The number of Topliss-reactive ketones (excluding diaryl/α,β-unsaturated/α-hetero) is 1. The zero-order valence-electron chi connectivity index (χ0n) is 15.5. The number of thiophene rings is 1. The predicted molar refractivity (Wildman–Crippen MR) is 106 cm³/mol. The number of nitrogens with zero attached hydrogens (tertiary/aromatic N) is 1. The number of ketones is 1. The molecule has 2 aromatic heterocycles. The highest BCUT2D eigenvalue weighted by Gasteiger charge is 2.32. The molecule has 0 saturated heterocycles. The summed E-state index contributed by atoms with van der Waals surface area (Å²) in [6.07, 6.45) is 0.163. The van der Waals surface area contributed by atoms with Gasteiger partial charge in [-0.15, -0.1) is 24.5 Å². The van der Waals surface area contributed by atoms with Crippen LogP contribution in [0.15, 0.2) is 30.3 Å². The molecule has 4 nitrogen and oxygen atoms in total. The first-order valence-corrected chi connectivity index (χ1v) is 10.2. The van der Waals surface area contributed by atoms with Crippen molar-refractivity contribution in [2.75, 3.05) is 5.73 Å². The molecule has 0 atom stereocenters. The molecule has 0 radical (unpaired) electrons. The molecular formula is C21H19F3N2O2S. The number of aryl methyl sites for hydroxylation is 2. The van der Waals surface area contributed by atoms with E-state index in [1.54, 1.807) is 6.07 Å². The van der Waals surface area contributed by atoms with Gasteiger partial charge in [-0.05, 0) is 43.4 Å². The number of benzene rings is 1. The van der Waals surface area contributed by atoms with E-state index in [-0.39, 0.29) is 23.5 Å². The second-order valence-electron chi connectivity index (χ2n) is 7.11. The number of pyridine rings is 1. The number of aromatic nitrogens is 1. The van der Waals surface area contributed by atoms with Crippen LogP contribution < -0.4 is 10.5 Å².